The molecule has 2 rings (SSSR count). The number of hydrogen-bond donors (Lipinski definition) is 1. The largest absolute Gasteiger partial charge is 0.301 e. The number of rotatable bonds is 2. The summed E-state index contributed by atoms with van der Waals surface area (Å²) in [6, 6.07) is 6.50. The van der Waals surface area contributed by atoms with Crippen molar-refractivity contribution in [3.8, 4) is 11.3 Å². The molecule has 0 amide bonds. The van der Waals surface area contributed by atoms with Crippen molar-refractivity contribution in [3.05, 3.63) is 44.7 Å². The second-order valence-electron chi connectivity index (χ2n) is 3.26. The lowest BCUT2D eigenvalue weighted by molar-refractivity contribution is 0.945. The van der Waals surface area contributed by atoms with Gasteiger partial charge in [0.25, 0.3) is 5.56 Å². The van der Waals surface area contributed by atoms with Crippen molar-refractivity contribution in [3.63, 3.8) is 0 Å². The number of aromatic amines is 1. The van der Waals surface area contributed by atoms with Crippen LogP contribution in [-0.4, -0.2) is 16.2 Å². The maximum Gasteiger partial charge on any atom is 0.252 e. The van der Waals surface area contributed by atoms with Crippen LogP contribution >= 0.6 is 35.0 Å². The number of nitrogens with one attached hydrogen (secondary N) is 1. The molecule has 2 aromatic rings. The Morgan fingerprint density at radius 2 is 2.06 bits per heavy atom. The smallest absolute Gasteiger partial charge is 0.252 e. The molecule has 0 aliphatic carbocycles. The number of benzene rings is 1. The molecule has 0 atom stereocenters. The molecule has 0 saturated carbocycles. The van der Waals surface area contributed by atoms with Crippen LogP contribution in [0.15, 0.2) is 34.2 Å². The molecule has 1 heterocycles. The van der Waals surface area contributed by atoms with Crippen molar-refractivity contribution in [1.29, 1.82) is 0 Å². The van der Waals surface area contributed by atoms with E-state index >= 15 is 0 Å². The Bertz CT molecular complexity index is 613. The van der Waals surface area contributed by atoms with E-state index in [1.165, 1.54) is 17.8 Å². The second kappa shape index (κ2) is 5.12. The molecule has 17 heavy (non-hydrogen) atoms. The van der Waals surface area contributed by atoms with Gasteiger partial charge in [-0.3, -0.25) is 4.79 Å². The summed E-state index contributed by atoms with van der Waals surface area (Å²) in [5.41, 5.74) is 1.03. The molecular formula is C11H8Cl2N2OS. The minimum absolute atomic E-state index is 0.203. The van der Waals surface area contributed by atoms with Crippen molar-refractivity contribution < 1.29 is 0 Å². The first-order chi connectivity index (χ1) is 8.10. The van der Waals surface area contributed by atoms with Crippen molar-refractivity contribution in [2.75, 3.05) is 6.26 Å². The van der Waals surface area contributed by atoms with E-state index in [0.29, 0.717) is 26.5 Å². The fraction of sp³-hybridized carbons (Fsp3) is 0.0909. The number of aromatic nitrogens is 2. The molecule has 0 unspecified atom stereocenters. The SMILES string of the molecule is CSc1nc(-c2ccc(Cl)cc2Cl)cc(=O)[nH]1. The fourth-order valence-electron chi connectivity index (χ4n) is 1.37. The Morgan fingerprint density at radius 3 is 2.71 bits per heavy atom. The van der Waals surface area contributed by atoms with Crippen LogP contribution in [0.1, 0.15) is 0 Å². The average Bonchev–Trinajstić information content (AvgIpc) is 2.28. The minimum atomic E-state index is -0.203. The van der Waals surface area contributed by atoms with Crippen molar-refractivity contribution in [1.82, 2.24) is 9.97 Å². The first-order valence-corrected chi connectivity index (χ1v) is 6.69. The Balaban J connectivity index is 2.60. The van der Waals surface area contributed by atoms with Crippen LogP contribution in [0.25, 0.3) is 11.3 Å². The number of nitrogens with zero attached hydrogens (tertiary/aromatic N) is 1. The molecule has 6 heteroatoms. The second-order valence-corrected chi connectivity index (χ2v) is 4.90. The van der Waals surface area contributed by atoms with Crippen molar-refractivity contribution in [2.45, 2.75) is 5.16 Å². The number of halogens is 2. The van der Waals surface area contributed by atoms with Gasteiger partial charge in [0.1, 0.15) is 0 Å². The highest BCUT2D eigenvalue weighted by atomic mass is 35.5. The zero-order chi connectivity index (χ0) is 12.4. The summed E-state index contributed by atoms with van der Waals surface area (Å²) in [4.78, 5) is 18.4. The summed E-state index contributed by atoms with van der Waals surface area (Å²) < 4.78 is 0. The van der Waals surface area contributed by atoms with Gasteiger partial charge in [0.05, 0.1) is 10.7 Å². The Hall–Kier alpha value is -0.970. The summed E-state index contributed by atoms with van der Waals surface area (Å²) in [5, 5.41) is 1.58. The molecule has 0 bridgehead atoms. The van der Waals surface area contributed by atoms with Gasteiger partial charge in [-0.2, -0.15) is 0 Å². The highest BCUT2D eigenvalue weighted by Crippen LogP contribution is 2.28. The number of thioether (sulfide) groups is 1. The van der Waals surface area contributed by atoms with Gasteiger partial charge in [0.15, 0.2) is 5.16 Å². The molecule has 1 aromatic carbocycles. The van der Waals surface area contributed by atoms with E-state index < -0.39 is 0 Å². The molecule has 0 aliphatic rings. The third-order valence-corrected chi connectivity index (χ3v) is 3.25. The molecule has 88 valence electrons. The van der Waals surface area contributed by atoms with E-state index in [0.717, 1.165) is 0 Å². The predicted octanol–water partition coefficient (Wildman–Crippen LogP) is 3.47. The van der Waals surface area contributed by atoms with Crippen LogP contribution in [0.5, 0.6) is 0 Å². The molecule has 3 nitrogen and oxygen atoms in total. The fourth-order valence-corrected chi connectivity index (χ4v) is 2.26. The van der Waals surface area contributed by atoms with Crippen LogP contribution in [0.3, 0.4) is 0 Å². The average molecular weight is 287 g/mol. The van der Waals surface area contributed by atoms with Gasteiger partial charge in [0.2, 0.25) is 0 Å². The first kappa shape index (κ1) is 12.5. The highest BCUT2D eigenvalue weighted by Gasteiger charge is 2.08. The monoisotopic (exact) mass is 286 g/mol. The van der Waals surface area contributed by atoms with Gasteiger partial charge in [-0.25, -0.2) is 4.98 Å². The first-order valence-electron chi connectivity index (χ1n) is 4.71. The van der Waals surface area contributed by atoms with Crippen LogP contribution in [0.2, 0.25) is 10.0 Å². The molecular weight excluding hydrogens is 279 g/mol. The van der Waals surface area contributed by atoms with E-state index in [9.17, 15) is 4.79 Å². The van der Waals surface area contributed by atoms with Gasteiger partial charge in [-0.05, 0) is 24.5 Å². The van der Waals surface area contributed by atoms with E-state index in [2.05, 4.69) is 9.97 Å². The summed E-state index contributed by atoms with van der Waals surface area (Å²) in [6.07, 6.45) is 1.84. The van der Waals surface area contributed by atoms with E-state index in [-0.39, 0.29) is 5.56 Å². The molecule has 0 radical (unpaired) electrons. The highest BCUT2D eigenvalue weighted by molar-refractivity contribution is 7.98. The Morgan fingerprint density at radius 1 is 1.29 bits per heavy atom. The van der Waals surface area contributed by atoms with Gasteiger partial charge in [-0.1, -0.05) is 35.0 Å². The lowest BCUT2D eigenvalue weighted by Crippen LogP contribution is -2.07. The maximum absolute atomic E-state index is 11.4. The Kier molecular flexibility index (Phi) is 3.76. The molecule has 0 aliphatic heterocycles. The van der Waals surface area contributed by atoms with Gasteiger partial charge in [0, 0.05) is 16.7 Å². The van der Waals surface area contributed by atoms with Gasteiger partial charge < -0.3 is 4.98 Å². The van der Waals surface area contributed by atoms with E-state index in [4.69, 9.17) is 23.2 Å². The molecule has 1 N–H and O–H groups in total. The summed E-state index contributed by atoms with van der Waals surface area (Å²) in [7, 11) is 0. The Labute approximate surface area is 112 Å². The third-order valence-electron chi connectivity index (χ3n) is 2.12. The minimum Gasteiger partial charge on any atom is -0.301 e. The molecule has 0 saturated heterocycles. The lowest BCUT2D eigenvalue weighted by Gasteiger charge is -2.05. The quantitative estimate of drug-likeness (QED) is 0.679. The summed E-state index contributed by atoms with van der Waals surface area (Å²) >= 11 is 13.3. The third kappa shape index (κ3) is 2.83. The van der Waals surface area contributed by atoms with Crippen LogP contribution in [0.4, 0.5) is 0 Å². The normalized spacial score (nSPS) is 10.5. The van der Waals surface area contributed by atoms with Gasteiger partial charge >= 0.3 is 0 Å². The lowest BCUT2D eigenvalue weighted by atomic mass is 10.1. The van der Waals surface area contributed by atoms with E-state index in [1.54, 1.807) is 18.2 Å². The zero-order valence-corrected chi connectivity index (χ0v) is 11.2. The van der Waals surface area contributed by atoms with Crippen molar-refractivity contribution >= 4 is 35.0 Å². The maximum atomic E-state index is 11.4. The van der Waals surface area contributed by atoms with Crippen LogP contribution in [0, 0.1) is 0 Å². The number of H-pyrrole nitrogens is 1. The van der Waals surface area contributed by atoms with Crippen LogP contribution in [-0.2, 0) is 0 Å². The zero-order valence-electron chi connectivity index (χ0n) is 8.83. The molecule has 0 fully saturated rings. The van der Waals surface area contributed by atoms with Gasteiger partial charge in [-0.15, -0.1) is 0 Å². The summed E-state index contributed by atoms with van der Waals surface area (Å²) in [5.74, 6) is 0. The molecule has 0 spiro atoms. The predicted molar refractivity (Wildman–Crippen MR) is 72.1 cm³/mol. The molecule has 1 aromatic heterocycles. The van der Waals surface area contributed by atoms with E-state index in [1.807, 2.05) is 6.26 Å². The standard InChI is InChI=1S/C11H8Cl2N2OS/c1-17-11-14-9(5-10(16)15-11)7-3-2-6(12)4-8(7)13/h2-5H,1H3,(H,14,15,16). The van der Waals surface area contributed by atoms with Crippen molar-refractivity contribution in [2.24, 2.45) is 0 Å². The van der Waals surface area contributed by atoms with Crippen LogP contribution < -0.4 is 5.56 Å². The summed E-state index contributed by atoms with van der Waals surface area (Å²) in [6.45, 7) is 0. The number of hydrogen-bond acceptors (Lipinski definition) is 3. The topological polar surface area (TPSA) is 45.8 Å².